The van der Waals surface area contributed by atoms with Crippen LogP contribution in [0.2, 0.25) is 0 Å². The normalized spacial score (nSPS) is 18.0. The Bertz CT molecular complexity index is 508. The van der Waals surface area contributed by atoms with Gasteiger partial charge < -0.3 is 10.0 Å². The Morgan fingerprint density at radius 2 is 1.89 bits per heavy atom. The van der Waals surface area contributed by atoms with Crippen LogP contribution in [0.4, 0.5) is 5.69 Å². The van der Waals surface area contributed by atoms with Gasteiger partial charge in [-0.1, -0.05) is 12.1 Å². The molecular formula is C12H18N2O3S. The molecule has 1 aliphatic heterocycles. The summed E-state index contributed by atoms with van der Waals surface area (Å²) in [6.07, 6.45) is 1.08. The molecule has 0 bridgehead atoms. The van der Waals surface area contributed by atoms with E-state index in [1.807, 2.05) is 17.0 Å². The minimum Gasteiger partial charge on any atom is -0.393 e. The topological polar surface area (TPSA) is 69.6 Å². The van der Waals surface area contributed by atoms with Crippen LogP contribution in [0.1, 0.15) is 12.8 Å². The second kappa shape index (κ2) is 5.26. The van der Waals surface area contributed by atoms with Gasteiger partial charge in [0.2, 0.25) is 10.0 Å². The molecule has 0 unspecified atom stereocenters. The standard InChI is InChI=1S/C12H18N2O3S/c1-13-18(16,17)12-5-3-2-4-11(12)14-8-6-10(15)7-9-14/h2-5,10,13,15H,6-9H2,1H3. The summed E-state index contributed by atoms with van der Waals surface area (Å²) < 4.78 is 26.2. The number of nitrogens with one attached hydrogen (secondary N) is 1. The molecule has 6 heteroatoms. The minimum atomic E-state index is -3.45. The Kier molecular flexibility index (Phi) is 3.89. The van der Waals surface area contributed by atoms with Crippen LogP contribution in [0.5, 0.6) is 0 Å². The van der Waals surface area contributed by atoms with E-state index in [0.717, 1.165) is 0 Å². The monoisotopic (exact) mass is 270 g/mol. The predicted octanol–water partition coefficient (Wildman–Crippen LogP) is 0.556. The highest BCUT2D eigenvalue weighted by molar-refractivity contribution is 7.89. The van der Waals surface area contributed by atoms with Gasteiger partial charge in [-0.2, -0.15) is 0 Å². The Hall–Kier alpha value is -1.11. The molecule has 18 heavy (non-hydrogen) atoms. The number of piperidine rings is 1. The number of para-hydroxylation sites is 1. The summed E-state index contributed by atoms with van der Waals surface area (Å²) >= 11 is 0. The van der Waals surface area contributed by atoms with Gasteiger partial charge in [-0.25, -0.2) is 13.1 Å². The van der Waals surface area contributed by atoms with Crippen LogP contribution >= 0.6 is 0 Å². The number of hydrogen-bond donors (Lipinski definition) is 2. The van der Waals surface area contributed by atoms with Gasteiger partial charge >= 0.3 is 0 Å². The van der Waals surface area contributed by atoms with Crippen LogP contribution in [0.25, 0.3) is 0 Å². The molecule has 100 valence electrons. The summed E-state index contributed by atoms with van der Waals surface area (Å²) in [5.74, 6) is 0. The smallest absolute Gasteiger partial charge is 0.242 e. The average molecular weight is 270 g/mol. The molecular weight excluding hydrogens is 252 g/mol. The summed E-state index contributed by atoms with van der Waals surface area (Å²) in [4.78, 5) is 2.31. The van der Waals surface area contributed by atoms with Crippen molar-refractivity contribution in [1.29, 1.82) is 0 Å². The van der Waals surface area contributed by atoms with Crippen LogP contribution in [0.3, 0.4) is 0 Å². The van der Waals surface area contributed by atoms with Gasteiger partial charge in [0.1, 0.15) is 4.90 Å². The molecule has 5 nitrogen and oxygen atoms in total. The lowest BCUT2D eigenvalue weighted by Gasteiger charge is -2.32. The van der Waals surface area contributed by atoms with Crippen LogP contribution in [0.15, 0.2) is 29.2 Å². The molecule has 2 N–H and O–H groups in total. The number of sulfonamides is 1. The van der Waals surface area contributed by atoms with Crippen LogP contribution in [0, 0.1) is 0 Å². The third kappa shape index (κ3) is 2.66. The van der Waals surface area contributed by atoms with Crippen LogP contribution in [-0.2, 0) is 10.0 Å². The lowest BCUT2D eigenvalue weighted by Crippen LogP contribution is -2.37. The van der Waals surface area contributed by atoms with E-state index in [0.29, 0.717) is 36.5 Å². The van der Waals surface area contributed by atoms with E-state index in [1.165, 1.54) is 7.05 Å². The van der Waals surface area contributed by atoms with Crippen molar-refractivity contribution in [3.8, 4) is 0 Å². The lowest BCUT2D eigenvalue weighted by atomic mass is 10.1. The fourth-order valence-electron chi connectivity index (χ4n) is 2.16. The quantitative estimate of drug-likeness (QED) is 0.842. The first-order valence-corrected chi connectivity index (χ1v) is 7.48. The van der Waals surface area contributed by atoms with Gasteiger partial charge in [0.15, 0.2) is 0 Å². The third-order valence-electron chi connectivity index (χ3n) is 3.23. The first-order valence-electron chi connectivity index (χ1n) is 6.00. The van der Waals surface area contributed by atoms with E-state index in [1.54, 1.807) is 12.1 Å². The first kappa shape index (κ1) is 13.3. The summed E-state index contributed by atoms with van der Waals surface area (Å²) in [5, 5.41) is 9.49. The number of aliphatic hydroxyl groups is 1. The number of rotatable bonds is 3. The van der Waals surface area contributed by atoms with Crippen molar-refractivity contribution in [3.05, 3.63) is 24.3 Å². The number of nitrogens with zero attached hydrogens (tertiary/aromatic N) is 1. The van der Waals surface area contributed by atoms with Crippen LogP contribution < -0.4 is 9.62 Å². The Balaban J connectivity index is 2.34. The van der Waals surface area contributed by atoms with Crippen molar-refractivity contribution in [2.75, 3.05) is 25.0 Å². The van der Waals surface area contributed by atoms with E-state index >= 15 is 0 Å². The number of benzene rings is 1. The van der Waals surface area contributed by atoms with Gasteiger partial charge in [0, 0.05) is 13.1 Å². The number of anilines is 1. The van der Waals surface area contributed by atoms with E-state index in [9.17, 15) is 13.5 Å². The third-order valence-corrected chi connectivity index (χ3v) is 4.69. The maximum atomic E-state index is 11.9. The SMILES string of the molecule is CNS(=O)(=O)c1ccccc1N1CCC(O)CC1. The van der Waals surface area contributed by atoms with E-state index < -0.39 is 10.0 Å². The number of hydrogen-bond acceptors (Lipinski definition) is 4. The lowest BCUT2D eigenvalue weighted by molar-refractivity contribution is 0.145. The molecule has 1 heterocycles. The van der Waals surface area contributed by atoms with Gasteiger partial charge in [0.05, 0.1) is 11.8 Å². The largest absolute Gasteiger partial charge is 0.393 e. The van der Waals surface area contributed by atoms with Crippen molar-refractivity contribution in [2.24, 2.45) is 0 Å². The highest BCUT2D eigenvalue weighted by atomic mass is 32.2. The fourth-order valence-corrected chi connectivity index (χ4v) is 3.11. The van der Waals surface area contributed by atoms with Crippen molar-refractivity contribution < 1.29 is 13.5 Å². The molecule has 0 radical (unpaired) electrons. The van der Waals surface area contributed by atoms with Gasteiger partial charge in [-0.15, -0.1) is 0 Å². The Morgan fingerprint density at radius 3 is 2.50 bits per heavy atom. The Morgan fingerprint density at radius 1 is 1.28 bits per heavy atom. The molecule has 1 saturated heterocycles. The molecule has 1 aliphatic rings. The number of aliphatic hydroxyl groups excluding tert-OH is 1. The van der Waals surface area contributed by atoms with Crippen molar-refractivity contribution in [2.45, 2.75) is 23.8 Å². The molecule has 1 aromatic carbocycles. The van der Waals surface area contributed by atoms with Crippen molar-refractivity contribution >= 4 is 15.7 Å². The fraction of sp³-hybridized carbons (Fsp3) is 0.500. The van der Waals surface area contributed by atoms with Crippen LogP contribution in [-0.4, -0.2) is 39.8 Å². The molecule has 0 amide bonds. The second-order valence-corrected chi connectivity index (χ2v) is 6.25. The average Bonchev–Trinajstić information content (AvgIpc) is 2.40. The molecule has 0 aromatic heterocycles. The molecule has 0 saturated carbocycles. The summed E-state index contributed by atoms with van der Waals surface area (Å²) in [7, 11) is -2.04. The molecule has 1 aromatic rings. The zero-order valence-electron chi connectivity index (χ0n) is 10.3. The van der Waals surface area contributed by atoms with Gasteiger partial charge in [0.25, 0.3) is 0 Å². The van der Waals surface area contributed by atoms with E-state index in [4.69, 9.17) is 0 Å². The molecule has 2 rings (SSSR count). The van der Waals surface area contributed by atoms with Crippen molar-refractivity contribution in [1.82, 2.24) is 4.72 Å². The highest BCUT2D eigenvalue weighted by Gasteiger charge is 2.23. The molecule has 0 spiro atoms. The Labute approximate surface area is 107 Å². The first-order chi connectivity index (χ1) is 8.54. The minimum absolute atomic E-state index is 0.269. The van der Waals surface area contributed by atoms with Gasteiger partial charge in [-0.05, 0) is 32.0 Å². The van der Waals surface area contributed by atoms with E-state index in [-0.39, 0.29) is 6.10 Å². The maximum absolute atomic E-state index is 11.9. The van der Waals surface area contributed by atoms with E-state index in [2.05, 4.69) is 4.72 Å². The second-order valence-electron chi connectivity index (χ2n) is 4.39. The molecule has 0 atom stereocenters. The summed E-state index contributed by atoms with van der Waals surface area (Å²) in [6.45, 7) is 1.36. The zero-order valence-corrected chi connectivity index (χ0v) is 11.2. The molecule has 0 aliphatic carbocycles. The van der Waals surface area contributed by atoms with Crippen molar-refractivity contribution in [3.63, 3.8) is 0 Å². The highest BCUT2D eigenvalue weighted by Crippen LogP contribution is 2.27. The summed E-state index contributed by atoms with van der Waals surface area (Å²) in [6, 6.07) is 6.95. The predicted molar refractivity (Wildman–Crippen MR) is 70.1 cm³/mol. The summed E-state index contributed by atoms with van der Waals surface area (Å²) in [5.41, 5.74) is 0.707. The van der Waals surface area contributed by atoms with Gasteiger partial charge in [-0.3, -0.25) is 0 Å². The zero-order chi connectivity index (χ0) is 13.2. The molecule has 1 fully saturated rings. The maximum Gasteiger partial charge on any atom is 0.242 e.